The van der Waals surface area contributed by atoms with Crippen molar-refractivity contribution < 1.29 is 17.9 Å². The summed E-state index contributed by atoms with van der Waals surface area (Å²) in [5.74, 6) is 0.893. The Balaban J connectivity index is 1.91. The summed E-state index contributed by atoms with van der Waals surface area (Å²) in [5.41, 5.74) is 0.278. The number of alkyl halides is 3. The first kappa shape index (κ1) is 18.4. The van der Waals surface area contributed by atoms with Crippen LogP contribution in [0.1, 0.15) is 55.6 Å². The van der Waals surface area contributed by atoms with E-state index in [2.05, 4.69) is 10.6 Å². The summed E-state index contributed by atoms with van der Waals surface area (Å²) in [6.45, 7) is 2.14. The molecule has 1 saturated carbocycles. The standard InChI is InChI=1S/C19H27F3N2O/c1-23-18-16(14-7-4-8-24-11-14)9-15(10-17(18)19(20,21)22)25-12-13-5-2-3-6-13/h9-10,13-14,23-24H,2-8,11-12H2,1H3. The Kier molecular flexibility index (Phi) is 5.77. The van der Waals surface area contributed by atoms with Crippen molar-refractivity contribution in [2.75, 3.05) is 32.1 Å². The lowest BCUT2D eigenvalue weighted by Crippen LogP contribution is -2.29. The normalized spacial score (nSPS) is 22.2. The molecule has 1 unspecified atom stereocenters. The Hall–Kier alpha value is -1.43. The van der Waals surface area contributed by atoms with Crippen LogP contribution in [-0.4, -0.2) is 26.7 Å². The zero-order valence-corrected chi connectivity index (χ0v) is 14.7. The minimum atomic E-state index is -4.40. The summed E-state index contributed by atoms with van der Waals surface area (Å²) >= 11 is 0. The smallest absolute Gasteiger partial charge is 0.418 e. The van der Waals surface area contributed by atoms with E-state index in [0.29, 0.717) is 30.4 Å². The zero-order chi connectivity index (χ0) is 17.9. The van der Waals surface area contributed by atoms with Gasteiger partial charge in [0.1, 0.15) is 5.75 Å². The largest absolute Gasteiger partial charge is 0.493 e. The van der Waals surface area contributed by atoms with Gasteiger partial charge < -0.3 is 15.4 Å². The van der Waals surface area contributed by atoms with Crippen molar-refractivity contribution >= 4 is 5.69 Å². The first-order valence-electron chi connectivity index (χ1n) is 9.25. The summed E-state index contributed by atoms with van der Waals surface area (Å²) < 4.78 is 46.6. The van der Waals surface area contributed by atoms with Gasteiger partial charge in [-0.1, -0.05) is 12.8 Å². The first-order chi connectivity index (χ1) is 12.0. The lowest BCUT2D eigenvalue weighted by molar-refractivity contribution is -0.137. The van der Waals surface area contributed by atoms with Crippen LogP contribution in [0.3, 0.4) is 0 Å². The molecule has 0 radical (unpaired) electrons. The summed E-state index contributed by atoms with van der Waals surface area (Å²) in [6, 6.07) is 2.97. The zero-order valence-electron chi connectivity index (χ0n) is 14.7. The third-order valence-corrected chi connectivity index (χ3v) is 5.39. The SMILES string of the molecule is CNc1c(C2CCCNC2)cc(OCC2CCCC2)cc1C(F)(F)F. The maximum atomic E-state index is 13.6. The highest BCUT2D eigenvalue weighted by Gasteiger charge is 2.36. The fourth-order valence-corrected chi connectivity index (χ4v) is 4.05. The van der Waals surface area contributed by atoms with Gasteiger partial charge in [-0.3, -0.25) is 0 Å². The Morgan fingerprint density at radius 2 is 1.92 bits per heavy atom. The van der Waals surface area contributed by atoms with Gasteiger partial charge in [0.2, 0.25) is 0 Å². The lowest BCUT2D eigenvalue weighted by atomic mass is 9.88. The Bertz CT molecular complexity index is 577. The molecule has 0 aromatic heterocycles. The predicted molar refractivity (Wildman–Crippen MR) is 93.3 cm³/mol. The molecule has 1 aliphatic carbocycles. The highest BCUT2D eigenvalue weighted by atomic mass is 19.4. The van der Waals surface area contributed by atoms with Crippen molar-refractivity contribution in [1.29, 1.82) is 0 Å². The van der Waals surface area contributed by atoms with Crippen molar-refractivity contribution in [3.05, 3.63) is 23.3 Å². The number of rotatable bonds is 5. The van der Waals surface area contributed by atoms with E-state index >= 15 is 0 Å². The molecule has 1 aromatic carbocycles. The average Bonchev–Trinajstić information content (AvgIpc) is 3.12. The summed E-state index contributed by atoms with van der Waals surface area (Å²) in [5, 5.41) is 6.08. The van der Waals surface area contributed by atoms with E-state index in [1.165, 1.54) is 12.8 Å². The van der Waals surface area contributed by atoms with Crippen LogP contribution in [0.2, 0.25) is 0 Å². The van der Waals surface area contributed by atoms with Crippen LogP contribution in [0.15, 0.2) is 12.1 Å². The summed E-state index contributed by atoms with van der Waals surface area (Å²) in [4.78, 5) is 0. The molecule has 1 heterocycles. The number of piperidine rings is 1. The lowest BCUT2D eigenvalue weighted by Gasteiger charge is -2.28. The monoisotopic (exact) mass is 356 g/mol. The number of anilines is 1. The van der Waals surface area contributed by atoms with Crippen molar-refractivity contribution in [1.82, 2.24) is 5.32 Å². The molecule has 6 heteroatoms. The Morgan fingerprint density at radius 3 is 2.52 bits per heavy atom. The Morgan fingerprint density at radius 1 is 1.16 bits per heavy atom. The molecule has 1 aliphatic heterocycles. The van der Waals surface area contributed by atoms with E-state index < -0.39 is 11.7 Å². The van der Waals surface area contributed by atoms with Crippen molar-refractivity contribution in [2.24, 2.45) is 5.92 Å². The second-order valence-electron chi connectivity index (χ2n) is 7.19. The van der Waals surface area contributed by atoms with Gasteiger partial charge in [-0.2, -0.15) is 13.2 Å². The van der Waals surface area contributed by atoms with Crippen LogP contribution in [-0.2, 0) is 6.18 Å². The van der Waals surface area contributed by atoms with E-state index in [-0.39, 0.29) is 11.6 Å². The highest BCUT2D eigenvalue weighted by molar-refractivity contribution is 5.63. The molecule has 1 saturated heterocycles. The molecule has 3 rings (SSSR count). The molecule has 0 bridgehead atoms. The number of hydrogen-bond acceptors (Lipinski definition) is 3. The molecule has 2 N–H and O–H groups in total. The molecule has 1 aromatic rings. The van der Waals surface area contributed by atoms with Gasteiger partial charge in [0.25, 0.3) is 0 Å². The minimum absolute atomic E-state index is 0.0762. The molecular weight excluding hydrogens is 329 g/mol. The maximum Gasteiger partial charge on any atom is 0.418 e. The first-order valence-corrected chi connectivity index (χ1v) is 9.25. The van der Waals surface area contributed by atoms with Gasteiger partial charge in [-0.25, -0.2) is 0 Å². The van der Waals surface area contributed by atoms with Gasteiger partial charge in [0.05, 0.1) is 12.2 Å². The van der Waals surface area contributed by atoms with E-state index in [4.69, 9.17) is 4.74 Å². The van der Waals surface area contributed by atoms with Crippen LogP contribution in [0.4, 0.5) is 18.9 Å². The number of halogens is 3. The van der Waals surface area contributed by atoms with Gasteiger partial charge in [0.15, 0.2) is 0 Å². The molecule has 25 heavy (non-hydrogen) atoms. The molecule has 3 nitrogen and oxygen atoms in total. The molecular formula is C19H27F3N2O. The third-order valence-electron chi connectivity index (χ3n) is 5.39. The Labute approximate surface area is 147 Å². The number of benzene rings is 1. The van der Waals surface area contributed by atoms with Gasteiger partial charge in [0, 0.05) is 19.3 Å². The van der Waals surface area contributed by atoms with Crippen LogP contribution < -0.4 is 15.4 Å². The summed E-state index contributed by atoms with van der Waals surface area (Å²) in [6.07, 6.45) is 2.08. The molecule has 0 amide bonds. The van der Waals surface area contributed by atoms with Gasteiger partial charge >= 0.3 is 6.18 Å². The second-order valence-corrected chi connectivity index (χ2v) is 7.19. The molecule has 2 fully saturated rings. The van der Waals surface area contributed by atoms with Crippen molar-refractivity contribution in [3.63, 3.8) is 0 Å². The molecule has 140 valence electrons. The number of hydrogen-bond donors (Lipinski definition) is 2. The predicted octanol–water partition coefficient (Wildman–Crippen LogP) is 4.78. The van der Waals surface area contributed by atoms with E-state index in [0.717, 1.165) is 38.3 Å². The van der Waals surface area contributed by atoms with Crippen LogP contribution in [0.25, 0.3) is 0 Å². The fraction of sp³-hybridized carbons (Fsp3) is 0.684. The van der Waals surface area contributed by atoms with Crippen molar-refractivity contribution in [2.45, 2.75) is 50.6 Å². The van der Waals surface area contributed by atoms with Gasteiger partial charge in [-0.05, 0) is 61.8 Å². The van der Waals surface area contributed by atoms with E-state index in [9.17, 15) is 13.2 Å². The van der Waals surface area contributed by atoms with Crippen molar-refractivity contribution in [3.8, 4) is 5.75 Å². The molecule has 0 spiro atoms. The van der Waals surface area contributed by atoms with E-state index in [1.807, 2.05) is 6.07 Å². The van der Waals surface area contributed by atoms with Crippen LogP contribution >= 0.6 is 0 Å². The summed E-state index contributed by atoms with van der Waals surface area (Å²) in [7, 11) is 1.56. The highest BCUT2D eigenvalue weighted by Crippen LogP contribution is 2.43. The average molecular weight is 356 g/mol. The third kappa shape index (κ3) is 4.40. The van der Waals surface area contributed by atoms with Crippen LogP contribution in [0, 0.1) is 5.92 Å². The van der Waals surface area contributed by atoms with Gasteiger partial charge in [-0.15, -0.1) is 0 Å². The minimum Gasteiger partial charge on any atom is -0.493 e. The topological polar surface area (TPSA) is 33.3 Å². The molecule has 1 atom stereocenters. The number of ether oxygens (including phenoxy) is 1. The quantitative estimate of drug-likeness (QED) is 0.796. The number of nitrogens with one attached hydrogen (secondary N) is 2. The fourth-order valence-electron chi connectivity index (χ4n) is 4.05. The molecule has 2 aliphatic rings. The second kappa shape index (κ2) is 7.85. The maximum absolute atomic E-state index is 13.6. The van der Waals surface area contributed by atoms with Crippen LogP contribution in [0.5, 0.6) is 5.75 Å². The van der Waals surface area contributed by atoms with E-state index in [1.54, 1.807) is 7.05 Å².